The fourth-order valence-electron chi connectivity index (χ4n) is 3.20. The molecule has 2 heterocycles. The summed E-state index contributed by atoms with van der Waals surface area (Å²) in [5.41, 5.74) is 0.0281. The molecule has 1 aromatic carbocycles. The maximum Gasteiger partial charge on any atom is 0.228 e. The molecule has 2 aliphatic heterocycles. The van der Waals surface area contributed by atoms with E-state index in [0.29, 0.717) is 13.1 Å². The van der Waals surface area contributed by atoms with Crippen LogP contribution in [0.1, 0.15) is 13.3 Å². The standard InChI is InChI=1S/C16H19F2N3O2.ClH/c1-10-8-20(5-4-19-10)16(23)11-6-15(22)21(9-11)14-3-2-12(17)7-13(14)18;/h2-3,7,10-11,19H,4-6,8-9H2,1H3;1H. The Kier molecular flexibility index (Phi) is 5.77. The van der Waals surface area contributed by atoms with E-state index in [2.05, 4.69) is 5.32 Å². The van der Waals surface area contributed by atoms with E-state index in [4.69, 9.17) is 0 Å². The van der Waals surface area contributed by atoms with Crippen LogP contribution in [-0.2, 0) is 9.59 Å². The topological polar surface area (TPSA) is 52.7 Å². The predicted molar refractivity (Wildman–Crippen MR) is 88.1 cm³/mol. The normalized spacial score (nSPS) is 24.0. The Labute approximate surface area is 145 Å². The molecule has 2 saturated heterocycles. The average molecular weight is 360 g/mol. The van der Waals surface area contributed by atoms with E-state index in [-0.39, 0.29) is 48.9 Å². The van der Waals surface area contributed by atoms with Gasteiger partial charge in [0.15, 0.2) is 0 Å². The molecule has 2 amide bonds. The minimum atomic E-state index is -0.790. The zero-order valence-corrected chi connectivity index (χ0v) is 14.1. The molecule has 0 aromatic heterocycles. The van der Waals surface area contributed by atoms with E-state index in [1.807, 2.05) is 6.92 Å². The van der Waals surface area contributed by atoms with Gasteiger partial charge in [0.25, 0.3) is 0 Å². The molecule has 2 unspecified atom stereocenters. The van der Waals surface area contributed by atoms with Crippen molar-refractivity contribution in [1.29, 1.82) is 0 Å². The molecule has 3 rings (SSSR count). The summed E-state index contributed by atoms with van der Waals surface area (Å²) in [6, 6.07) is 3.31. The number of hydrogen-bond donors (Lipinski definition) is 1. The summed E-state index contributed by atoms with van der Waals surface area (Å²) in [4.78, 5) is 27.7. The number of amides is 2. The third-order valence-electron chi connectivity index (χ3n) is 4.36. The number of carbonyl (C=O) groups is 2. The molecule has 5 nitrogen and oxygen atoms in total. The highest BCUT2D eigenvalue weighted by Crippen LogP contribution is 2.29. The molecule has 0 bridgehead atoms. The summed E-state index contributed by atoms with van der Waals surface area (Å²) in [6.45, 7) is 4.08. The summed E-state index contributed by atoms with van der Waals surface area (Å²) < 4.78 is 26.9. The van der Waals surface area contributed by atoms with Gasteiger partial charge < -0.3 is 15.1 Å². The minimum absolute atomic E-state index is 0. The van der Waals surface area contributed by atoms with E-state index < -0.39 is 17.6 Å². The highest BCUT2D eigenvalue weighted by atomic mass is 35.5. The molecule has 2 aliphatic rings. The second kappa shape index (κ2) is 7.44. The molecule has 2 atom stereocenters. The highest BCUT2D eigenvalue weighted by molar-refractivity contribution is 6.00. The first-order valence-electron chi connectivity index (χ1n) is 7.73. The fraction of sp³-hybridized carbons (Fsp3) is 0.500. The van der Waals surface area contributed by atoms with Crippen molar-refractivity contribution in [2.45, 2.75) is 19.4 Å². The zero-order chi connectivity index (χ0) is 16.6. The minimum Gasteiger partial charge on any atom is -0.340 e. The number of piperazine rings is 1. The number of benzene rings is 1. The Morgan fingerprint density at radius 2 is 2.04 bits per heavy atom. The van der Waals surface area contributed by atoms with Gasteiger partial charge in [0, 0.05) is 44.7 Å². The third-order valence-corrected chi connectivity index (χ3v) is 4.36. The molecule has 24 heavy (non-hydrogen) atoms. The number of nitrogens with zero attached hydrogens (tertiary/aromatic N) is 2. The maximum absolute atomic E-state index is 13.9. The van der Waals surface area contributed by atoms with Gasteiger partial charge in [-0.25, -0.2) is 8.78 Å². The molecular formula is C16H20ClF2N3O2. The van der Waals surface area contributed by atoms with Crippen LogP contribution in [0.3, 0.4) is 0 Å². The van der Waals surface area contributed by atoms with E-state index in [0.717, 1.165) is 18.7 Å². The number of hydrogen-bond acceptors (Lipinski definition) is 3. The summed E-state index contributed by atoms with van der Waals surface area (Å²) in [5.74, 6) is -2.34. The number of carbonyl (C=O) groups excluding carboxylic acids is 2. The second-order valence-corrected chi connectivity index (χ2v) is 6.14. The van der Waals surface area contributed by atoms with Crippen LogP contribution < -0.4 is 10.2 Å². The van der Waals surface area contributed by atoms with Crippen molar-refractivity contribution in [2.24, 2.45) is 5.92 Å². The van der Waals surface area contributed by atoms with Gasteiger partial charge in [-0.15, -0.1) is 12.4 Å². The van der Waals surface area contributed by atoms with Crippen molar-refractivity contribution >= 4 is 29.9 Å². The van der Waals surface area contributed by atoms with Gasteiger partial charge in [0.2, 0.25) is 11.8 Å². The Hall–Kier alpha value is -1.73. The van der Waals surface area contributed by atoms with Crippen LogP contribution in [0.4, 0.5) is 14.5 Å². The lowest BCUT2D eigenvalue weighted by atomic mass is 10.1. The lowest BCUT2D eigenvalue weighted by molar-refractivity contribution is -0.136. The molecule has 1 N–H and O–H groups in total. The molecule has 0 saturated carbocycles. The largest absolute Gasteiger partial charge is 0.340 e. The van der Waals surface area contributed by atoms with Gasteiger partial charge in [-0.1, -0.05) is 0 Å². The van der Waals surface area contributed by atoms with Crippen molar-refractivity contribution in [3.8, 4) is 0 Å². The first-order valence-corrected chi connectivity index (χ1v) is 7.73. The molecular weight excluding hydrogens is 340 g/mol. The van der Waals surface area contributed by atoms with Crippen LogP contribution in [0.15, 0.2) is 18.2 Å². The maximum atomic E-state index is 13.9. The molecule has 0 spiro atoms. The van der Waals surface area contributed by atoms with E-state index in [1.54, 1.807) is 4.90 Å². The number of rotatable bonds is 2. The molecule has 132 valence electrons. The van der Waals surface area contributed by atoms with Crippen LogP contribution in [0.5, 0.6) is 0 Å². The van der Waals surface area contributed by atoms with E-state index in [1.165, 1.54) is 11.0 Å². The van der Waals surface area contributed by atoms with E-state index in [9.17, 15) is 18.4 Å². The van der Waals surface area contributed by atoms with Gasteiger partial charge in [0.05, 0.1) is 11.6 Å². The van der Waals surface area contributed by atoms with Crippen LogP contribution in [0.25, 0.3) is 0 Å². The predicted octanol–water partition coefficient (Wildman–Crippen LogP) is 1.56. The molecule has 0 aliphatic carbocycles. The number of halogens is 3. The Bertz CT molecular complexity index is 644. The summed E-state index contributed by atoms with van der Waals surface area (Å²) in [6.07, 6.45) is 0.0635. The summed E-state index contributed by atoms with van der Waals surface area (Å²) in [5, 5.41) is 3.26. The third kappa shape index (κ3) is 3.67. The SMILES string of the molecule is CC1CN(C(=O)C2CC(=O)N(c3ccc(F)cc3F)C2)CCN1.Cl. The second-order valence-electron chi connectivity index (χ2n) is 6.14. The van der Waals surface area contributed by atoms with Crippen molar-refractivity contribution in [2.75, 3.05) is 31.1 Å². The van der Waals surface area contributed by atoms with E-state index >= 15 is 0 Å². The molecule has 1 aromatic rings. The first-order chi connectivity index (χ1) is 11.0. The Balaban J connectivity index is 0.00000208. The Morgan fingerprint density at radius 1 is 1.29 bits per heavy atom. The summed E-state index contributed by atoms with van der Waals surface area (Å²) >= 11 is 0. The van der Waals surface area contributed by atoms with Gasteiger partial charge in [0.1, 0.15) is 11.6 Å². The van der Waals surface area contributed by atoms with Gasteiger partial charge in [-0.2, -0.15) is 0 Å². The number of nitrogens with one attached hydrogen (secondary N) is 1. The van der Waals surface area contributed by atoms with Crippen molar-refractivity contribution in [3.63, 3.8) is 0 Å². The van der Waals surface area contributed by atoms with Crippen LogP contribution in [0, 0.1) is 17.6 Å². The molecule has 2 fully saturated rings. The molecule has 8 heteroatoms. The van der Waals surface area contributed by atoms with Gasteiger partial charge >= 0.3 is 0 Å². The van der Waals surface area contributed by atoms with Gasteiger partial charge in [-0.05, 0) is 19.1 Å². The smallest absolute Gasteiger partial charge is 0.228 e. The van der Waals surface area contributed by atoms with Crippen molar-refractivity contribution < 1.29 is 18.4 Å². The summed E-state index contributed by atoms with van der Waals surface area (Å²) in [7, 11) is 0. The van der Waals surface area contributed by atoms with Crippen molar-refractivity contribution in [3.05, 3.63) is 29.8 Å². The zero-order valence-electron chi connectivity index (χ0n) is 13.3. The lowest BCUT2D eigenvalue weighted by Crippen LogP contribution is -2.53. The first kappa shape index (κ1) is 18.6. The average Bonchev–Trinajstić information content (AvgIpc) is 2.88. The van der Waals surface area contributed by atoms with Crippen molar-refractivity contribution in [1.82, 2.24) is 10.2 Å². The fourth-order valence-corrected chi connectivity index (χ4v) is 3.20. The monoisotopic (exact) mass is 359 g/mol. The Morgan fingerprint density at radius 3 is 2.71 bits per heavy atom. The lowest BCUT2D eigenvalue weighted by Gasteiger charge is -2.33. The highest BCUT2D eigenvalue weighted by Gasteiger charge is 2.38. The van der Waals surface area contributed by atoms with Crippen LogP contribution in [-0.4, -0.2) is 48.9 Å². The number of anilines is 1. The van der Waals surface area contributed by atoms with Crippen LogP contribution in [0.2, 0.25) is 0 Å². The van der Waals surface area contributed by atoms with Gasteiger partial charge in [-0.3, -0.25) is 9.59 Å². The van der Waals surface area contributed by atoms with Crippen LogP contribution >= 0.6 is 12.4 Å². The quantitative estimate of drug-likeness (QED) is 0.872. The molecule has 0 radical (unpaired) electrons.